The van der Waals surface area contributed by atoms with Crippen molar-refractivity contribution in [3.05, 3.63) is 83.9 Å². The van der Waals surface area contributed by atoms with Crippen molar-refractivity contribution in [3.63, 3.8) is 0 Å². The second-order valence-electron chi connectivity index (χ2n) is 8.43. The van der Waals surface area contributed by atoms with Crippen molar-refractivity contribution >= 4 is 55.9 Å². The minimum Gasteiger partial charge on any atom is -0.312 e. The van der Waals surface area contributed by atoms with Gasteiger partial charge in [-0.15, -0.1) is 11.8 Å². The Morgan fingerprint density at radius 3 is 2.68 bits per heavy atom. The molecule has 0 unspecified atom stereocenters. The third kappa shape index (κ3) is 4.45. The summed E-state index contributed by atoms with van der Waals surface area (Å²) < 4.78 is 1.05. The van der Waals surface area contributed by atoms with E-state index in [0.29, 0.717) is 18.2 Å². The van der Waals surface area contributed by atoms with Gasteiger partial charge in [-0.2, -0.15) is 0 Å². The number of benzene rings is 3. The fourth-order valence-electron chi connectivity index (χ4n) is 4.32. The number of carbonyl (C=O) groups is 2. The number of anilines is 2. The molecule has 1 aromatic heterocycles. The molecule has 1 aliphatic rings. The van der Waals surface area contributed by atoms with Crippen LogP contribution in [0.15, 0.2) is 77.7 Å². The Kier molecular flexibility index (Phi) is 6.39. The highest BCUT2D eigenvalue weighted by Gasteiger charge is 2.38. The van der Waals surface area contributed by atoms with Gasteiger partial charge in [0.2, 0.25) is 11.8 Å². The number of fused-ring (bicyclic) bond motifs is 1. The minimum absolute atomic E-state index is 0.0172. The van der Waals surface area contributed by atoms with E-state index in [1.807, 2.05) is 86.0 Å². The standard InChI is InChI=1S/C27H25N3O2S2/c1-18-8-6-13-23-25(18)28-27(34-23)30(16-19-9-4-3-5-10-19)26(32)20-14-24(31)29(17-20)21-11-7-12-22(15-21)33-2/h3-13,15,20H,14,16-17H2,1-2H3/t20-/m0/s1. The Morgan fingerprint density at radius 1 is 1.12 bits per heavy atom. The maximum Gasteiger partial charge on any atom is 0.234 e. The van der Waals surface area contributed by atoms with Crippen LogP contribution in [0.4, 0.5) is 10.8 Å². The van der Waals surface area contributed by atoms with E-state index in [2.05, 4.69) is 0 Å². The van der Waals surface area contributed by atoms with Gasteiger partial charge < -0.3 is 4.90 Å². The van der Waals surface area contributed by atoms with Crippen molar-refractivity contribution in [2.24, 2.45) is 5.92 Å². The van der Waals surface area contributed by atoms with E-state index >= 15 is 0 Å². The summed E-state index contributed by atoms with van der Waals surface area (Å²) in [5.74, 6) is -0.490. The molecule has 1 saturated heterocycles. The van der Waals surface area contributed by atoms with E-state index in [1.165, 1.54) is 11.3 Å². The van der Waals surface area contributed by atoms with Crippen LogP contribution in [0.2, 0.25) is 0 Å². The van der Waals surface area contributed by atoms with Gasteiger partial charge in [0.25, 0.3) is 0 Å². The lowest BCUT2D eigenvalue weighted by Crippen LogP contribution is -2.37. The highest BCUT2D eigenvalue weighted by Crippen LogP contribution is 2.34. The van der Waals surface area contributed by atoms with Crippen molar-refractivity contribution in [3.8, 4) is 0 Å². The van der Waals surface area contributed by atoms with Crippen molar-refractivity contribution < 1.29 is 9.59 Å². The van der Waals surface area contributed by atoms with Crippen molar-refractivity contribution in [1.82, 2.24) is 4.98 Å². The third-order valence-electron chi connectivity index (χ3n) is 6.13. The van der Waals surface area contributed by atoms with Gasteiger partial charge in [-0.05, 0) is 48.6 Å². The predicted octanol–water partition coefficient (Wildman–Crippen LogP) is 5.91. The van der Waals surface area contributed by atoms with Gasteiger partial charge in [-0.3, -0.25) is 14.5 Å². The summed E-state index contributed by atoms with van der Waals surface area (Å²) in [6.07, 6.45) is 2.22. The zero-order valence-electron chi connectivity index (χ0n) is 19.1. The smallest absolute Gasteiger partial charge is 0.234 e. The van der Waals surface area contributed by atoms with E-state index in [1.54, 1.807) is 21.6 Å². The lowest BCUT2D eigenvalue weighted by Gasteiger charge is -2.23. The topological polar surface area (TPSA) is 53.5 Å². The first-order valence-electron chi connectivity index (χ1n) is 11.2. The van der Waals surface area contributed by atoms with Crippen LogP contribution in [0.1, 0.15) is 17.5 Å². The molecule has 1 fully saturated rings. The molecular formula is C27H25N3O2S2. The number of thioether (sulfide) groups is 1. The molecule has 0 aliphatic carbocycles. The number of nitrogens with zero attached hydrogens (tertiary/aromatic N) is 3. The van der Waals surface area contributed by atoms with Crippen LogP contribution in [0.3, 0.4) is 0 Å². The maximum atomic E-state index is 13.9. The molecule has 7 heteroatoms. The van der Waals surface area contributed by atoms with Crippen molar-refractivity contribution in [1.29, 1.82) is 0 Å². The molecule has 5 nitrogen and oxygen atoms in total. The van der Waals surface area contributed by atoms with Crippen LogP contribution in [-0.4, -0.2) is 29.6 Å². The van der Waals surface area contributed by atoms with Crippen molar-refractivity contribution in [2.75, 3.05) is 22.6 Å². The minimum atomic E-state index is -0.415. The molecule has 0 radical (unpaired) electrons. The molecule has 0 saturated carbocycles. The molecule has 0 spiro atoms. The number of amides is 2. The molecule has 2 amide bonds. The molecule has 2 heterocycles. The van der Waals surface area contributed by atoms with Gasteiger partial charge >= 0.3 is 0 Å². The van der Waals surface area contributed by atoms with E-state index in [0.717, 1.165) is 31.9 Å². The monoisotopic (exact) mass is 487 g/mol. The van der Waals surface area contributed by atoms with Gasteiger partial charge in [-0.1, -0.05) is 59.9 Å². The molecule has 34 heavy (non-hydrogen) atoms. The van der Waals surface area contributed by atoms with Gasteiger partial charge in [0.15, 0.2) is 5.13 Å². The summed E-state index contributed by atoms with van der Waals surface area (Å²) >= 11 is 3.16. The average molecular weight is 488 g/mol. The van der Waals surface area contributed by atoms with Crippen molar-refractivity contribution in [2.45, 2.75) is 24.8 Å². The maximum absolute atomic E-state index is 13.9. The lowest BCUT2D eigenvalue weighted by atomic mass is 10.1. The largest absolute Gasteiger partial charge is 0.312 e. The SMILES string of the molecule is CSc1cccc(N2C[C@@H](C(=O)N(Cc3ccccc3)c3nc4c(C)cccc4s3)CC2=O)c1. The predicted molar refractivity (Wildman–Crippen MR) is 141 cm³/mol. The molecule has 1 atom stereocenters. The Labute approximate surface area is 207 Å². The molecule has 0 bridgehead atoms. The van der Waals surface area contributed by atoms with Crippen LogP contribution in [-0.2, 0) is 16.1 Å². The molecule has 4 aromatic rings. The van der Waals surface area contributed by atoms with E-state index in [9.17, 15) is 9.59 Å². The van der Waals surface area contributed by atoms with Gasteiger partial charge in [-0.25, -0.2) is 4.98 Å². The number of carbonyl (C=O) groups excluding carboxylic acids is 2. The summed E-state index contributed by atoms with van der Waals surface area (Å²) in [5.41, 5.74) is 3.88. The van der Waals surface area contributed by atoms with E-state index in [4.69, 9.17) is 4.98 Å². The van der Waals surface area contributed by atoms with Gasteiger partial charge in [0, 0.05) is 23.5 Å². The summed E-state index contributed by atoms with van der Waals surface area (Å²) in [6.45, 7) is 2.83. The second kappa shape index (κ2) is 9.60. The molecular weight excluding hydrogens is 462 g/mol. The molecule has 172 valence electrons. The van der Waals surface area contributed by atoms with Crippen LogP contribution < -0.4 is 9.80 Å². The van der Waals surface area contributed by atoms with Gasteiger partial charge in [0.1, 0.15) is 0 Å². The van der Waals surface area contributed by atoms with Gasteiger partial charge in [0.05, 0.1) is 22.7 Å². The van der Waals surface area contributed by atoms with E-state index in [-0.39, 0.29) is 18.2 Å². The third-order valence-corrected chi connectivity index (χ3v) is 7.90. The Hall–Kier alpha value is -3.16. The van der Waals surface area contributed by atoms with Crippen LogP contribution >= 0.6 is 23.1 Å². The zero-order chi connectivity index (χ0) is 23.7. The summed E-state index contributed by atoms with van der Waals surface area (Å²) in [4.78, 5) is 36.2. The van der Waals surface area contributed by atoms with E-state index < -0.39 is 5.92 Å². The molecule has 0 N–H and O–H groups in total. The normalized spacial score (nSPS) is 15.8. The second-order valence-corrected chi connectivity index (χ2v) is 10.3. The number of thiazole rings is 1. The molecule has 3 aromatic carbocycles. The highest BCUT2D eigenvalue weighted by atomic mass is 32.2. The quantitative estimate of drug-likeness (QED) is 0.317. The fraction of sp³-hybridized carbons (Fsp3) is 0.222. The number of rotatable bonds is 6. The average Bonchev–Trinajstić information content (AvgIpc) is 3.47. The summed E-state index contributed by atoms with van der Waals surface area (Å²) in [6, 6.07) is 23.9. The Bertz CT molecular complexity index is 1350. The van der Waals surface area contributed by atoms with Crippen LogP contribution in [0.25, 0.3) is 10.2 Å². The highest BCUT2D eigenvalue weighted by molar-refractivity contribution is 7.98. The number of hydrogen-bond acceptors (Lipinski definition) is 5. The van der Waals surface area contributed by atoms with Crippen LogP contribution in [0.5, 0.6) is 0 Å². The molecule has 5 rings (SSSR count). The number of hydrogen-bond donors (Lipinski definition) is 0. The first kappa shape index (κ1) is 22.6. The lowest BCUT2D eigenvalue weighted by molar-refractivity contribution is -0.124. The first-order chi connectivity index (χ1) is 16.5. The summed E-state index contributed by atoms with van der Waals surface area (Å²) in [7, 11) is 0. The number of aryl methyl sites for hydroxylation is 1. The number of aromatic nitrogens is 1. The first-order valence-corrected chi connectivity index (χ1v) is 13.2. The Morgan fingerprint density at radius 2 is 1.91 bits per heavy atom. The van der Waals surface area contributed by atoms with Crippen LogP contribution in [0, 0.1) is 12.8 Å². The number of para-hydroxylation sites is 1. The Balaban J connectivity index is 1.46. The zero-order valence-corrected chi connectivity index (χ0v) is 20.7. The fourth-order valence-corrected chi connectivity index (χ4v) is 5.82. The molecule has 1 aliphatic heterocycles. The summed E-state index contributed by atoms with van der Waals surface area (Å²) in [5, 5.41) is 0.674.